The second-order valence-electron chi connectivity index (χ2n) is 5.92. The van der Waals surface area contributed by atoms with Gasteiger partial charge in [0.1, 0.15) is 12.3 Å². The summed E-state index contributed by atoms with van der Waals surface area (Å²) in [5, 5.41) is 6.29. The van der Waals surface area contributed by atoms with Crippen molar-refractivity contribution >= 4 is 29.2 Å². The summed E-state index contributed by atoms with van der Waals surface area (Å²) in [6.07, 6.45) is 0. The maximum absolute atomic E-state index is 12.5. The van der Waals surface area contributed by atoms with Crippen molar-refractivity contribution in [2.24, 2.45) is 5.41 Å². The Balaban J connectivity index is 2.74. The number of nitrogens with zero attached hydrogens (tertiary/aromatic N) is 2. The minimum absolute atomic E-state index is 0.0529. The highest BCUT2D eigenvalue weighted by molar-refractivity contribution is 6.19. The molecule has 0 unspecified atom stereocenters. The van der Waals surface area contributed by atoms with E-state index in [1.54, 1.807) is 26.8 Å². The van der Waals surface area contributed by atoms with E-state index in [9.17, 15) is 9.59 Å². The molecule has 1 rings (SSSR count). The molecule has 0 spiro atoms. The highest BCUT2D eigenvalue weighted by Crippen LogP contribution is 2.22. The lowest BCUT2D eigenvalue weighted by molar-refractivity contribution is -0.143. The van der Waals surface area contributed by atoms with Crippen molar-refractivity contribution in [3.63, 3.8) is 0 Å². The van der Waals surface area contributed by atoms with Crippen LogP contribution in [0.3, 0.4) is 0 Å². The lowest BCUT2D eigenvalue weighted by Crippen LogP contribution is -2.48. The molecule has 0 saturated carbocycles. The second-order valence-corrected chi connectivity index (χ2v) is 6.18. The SMILES string of the molecule is Cc1cc(NC(=O)CN(C(=O)C(C)(C)CCl)C(C)C)no1. The fourth-order valence-electron chi connectivity index (χ4n) is 1.70. The lowest BCUT2D eigenvalue weighted by atomic mass is 9.93. The molecule has 0 bridgehead atoms. The van der Waals surface area contributed by atoms with Crippen LogP contribution < -0.4 is 5.32 Å². The summed E-state index contributed by atoms with van der Waals surface area (Å²) in [5.41, 5.74) is -0.712. The summed E-state index contributed by atoms with van der Waals surface area (Å²) in [6, 6.07) is 1.51. The molecular weight excluding hydrogens is 294 g/mol. The standard InChI is InChI=1S/C14H22ClN3O3/c1-9(2)18(13(20)14(4,5)8-15)7-12(19)16-11-6-10(3)21-17-11/h6,9H,7-8H2,1-5H3,(H,16,17,19). The van der Waals surface area contributed by atoms with Crippen LogP contribution in [0.5, 0.6) is 0 Å². The van der Waals surface area contributed by atoms with Gasteiger partial charge in [0.05, 0.1) is 5.41 Å². The molecule has 7 heteroatoms. The minimum Gasteiger partial charge on any atom is -0.360 e. The Hall–Kier alpha value is -1.56. The van der Waals surface area contributed by atoms with E-state index in [4.69, 9.17) is 16.1 Å². The quantitative estimate of drug-likeness (QED) is 0.818. The van der Waals surface area contributed by atoms with Gasteiger partial charge in [-0.1, -0.05) is 5.16 Å². The van der Waals surface area contributed by atoms with E-state index in [0.717, 1.165) is 0 Å². The Morgan fingerprint density at radius 2 is 2.10 bits per heavy atom. The number of rotatable bonds is 6. The van der Waals surface area contributed by atoms with Crippen LogP contribution in [0.15, 0.2) is 10.6 Å². The number of anilines is 1. The predicted octanol–water partition coefficient (Wildman–Crippen LogP) is 2.42. The fourth-order valence-corrected chi connectivity index (χ4v) is 1.81. The third kappa shape index (κ3) is 4.74. The molecule has 1 aromatic rings. The zero-order valence-electron chi connectivity index (χ0n) is 13.1. The van der Waals surface area contributed by atoms with Gasteiger partial charge in [-0.3, -0.25) is 9.59 Å². The molecule has 0 radical (unpaired) electrons. The summed E-state index contributed by atoms with van der Waals surface area (Å²) in [6.45, 7) is 8.91. The first-order chi connectivity index (χ1) is 9.67. The van der Waals surface area contributed by atoms with E-state index in [1.165, 1.54) is 4.90 Å². The van der Waals surface area contributed by atoms with Gasteiger partial charge in [-0.25, -0.2) is 0 Å². The van der Waals surface area contributed by atoms with Gasteiger partial charge >= 0.3 is 0 Å². The molecule has 1 aromatic heterocycles. The number of hydrogen-bond donors (Lipinski definition) is 1. The molecule has 0 aliphatic rings. The molecule has 0 aliphatic carbocycles. The molecule has 2 amide bonds. The van der Waals surface area contributed by atoms with Gasteiger partial charge in [0.2, 0.25) is 11.8 Å². The smallest absolute Gasteiger partial charge is 0.245 e. The van der Waals surface area contributed by atoms with E-state index < -0.39 is 5.41 Å². The Bertz CT molecular complexity index is 511. The highest BCUT2D eigenvalue weighted by Gasteiger charge is 2.33. The van der Waals surface area contributed by atoms with Gasteiger partial charge in [-0.2, -0.15) is 0 Å². The zero-order chi connectivity index (χ0) is 16.2. The van der Waals surface area contributed by atoms with E-state index in [1.807, 2.05) is 13.8 Å². The van der Waals surface area contributed by atoms with Gasteiger partial charge in [0.25, 0.3) is 0 Å². The number of amides is 2. The summed E-state index contributed by atoms with van der Waals surface area (Å²) < 4.78 is 4.87. The molecule has 1 heterocycles. The average Bonchev–Trinajstić information content (AvgIpc) is 2.80. The van der Waals surface area contributed by atoms with Crippen molar-refractivity contribution < 1.29 is 14.1 Å². The number of hydrogen-bond acceptors (Lipinski definition) is 4. The first-order valence-corrected chi connectivity index (χ1v) is 7.31. The number of carbonyl (C=O) groups excluding carboxylic acids is 2. The number of aryl methyl sites for hydroxylation is 1. The lowest BCUT2D eigenvalue weighted by Gasteiger charge is -2.33. The Morgan fingerprint density at radius 1 is 1.48 bits per heavy atom. The van der Waals surface area contributed by atoms with Crippen LogP contribution in [-0.2, 0) is 9.59 Å². The minimum atomic E-state index is -0.712. The maximum Gasteiger partial charge on any atom is 0.245 e. The summed E-state index contributed by atoms with van der Waals surface area (Å²) in [5.74, 6) is 0.657. The van der Waals surface area contributed by atoms with Crippen molar-refractivity contribution in [1.82, 2.24) is 10.1 Å². The van der Waals surface area contributed by atoms with Crippen molar-refractivity contribution in [3.05, 3.63) is 11.8 Å². The van der Waals surface area contributed by atoms with Gasteiger partial charge in [-0.15, -0.1) is 11.6 Å². The van der Waals surface area contributed by atoms with E-state index in [-0.39, 0.29) is 30.3 Å². The van der Waals surface area contributed by atoms with E-state index in [2.05, 4.69) is 10.5 Å². The third-order valence-corrected chi connectivity index (χ3v) is 3.67. The summed E-state index contributed by atoms with van der Waals surface area (Å²) >= 11 is 5.84. The number of nitrogens with one attached hydrogen (secondary N) is 1. The van der Waals surface area contributed by atoms with E-state index >= 15 is 0 Å². The molecular formula is C14H22ClN3O3. The van der Waals surface area contributed by atoms with Gasteiger partial charge in [0.15, 0.2) is 5.82 Å². The largest absolute Gasteiger partial charge is 0.360 e. The number of carbonyl (C=O) groups is 2. The van der Waals surface area contributed by atoms with Crippen LogP contribution in [-0.4, -0.2) is 40.3 Å². The maximum atomic E-state index is 12.5. The third-order valence-electron chi connectivity index (χ3n) is 3.01. The number of halogens is 1. The first kappa shape index (κ1) is 17.5. The van der Waals surface area contributed by atoms with Crippen molar-refractivity contribution in [2.75, 3.05) is 17.7 Å². The van der Waals surface area contributed by atoms with Crippen LogP contribution >= 0.6 is 11.6 Å². The molecule has 6 nitrogen and oxygen atoms in total. The molecule has 1 N–H and O–H groups in total. The predicted molar refractivity (Wildman–Crippen MR) is 81.2 cm³/mol. The molecule has 0 fully saturated rings. The van der Waals surface area contributed by atoms with Crippen LogP contribution in [0, 0.1) is 12.3 Å². The van der Waals surface area contributed by atoms with E-state index in [0.29, 0.717) is 11.6 Å². The monoisotopic (exact) mass is 315 g/mol. The fraction of sp³-hybridized carbons (Fsp3) is 0.643. The van der Waals surface area contributed by atoms with Crippen LogP contribution in [0.25, 0.3) is 0 Å². The summed E-state index contributed by atoms with van der Waals surface area (Å²) in [7, 11) is 0. The van der Waals surface area contributed by atoms with Gasteiger partial charge < -0.3 is 14.7 Å². The van der Waals surface area contributed by atoms with Crippen molar-refractivity contribution in [1.29, 1.82) is 0 Å². The van der Waals surface area contributed by atoms with Crippen molar-refractivity contribution in [3.8, 4) is 0 Å². The highest BCUT2D eigenvalue weighted by atomic mass is 35.5. The van der Waals surface area contributed by atoms with Crippen LogP contribution in [0.2, 0.25) is 0 Å². The molecule has 0 atom stereocenters. The van der Waals surface area contributed by atoms with Gasteiger partial charge in [-0.05, 0) is 34.6 Å². The normalized spacial score (nSPS) is 11.6. The van der Waals surface area contributed by atoms with Crippen LogP contribution in [0.1, 0.15) is 33.5 Å². The Kier molecular flexibility index (Phi) is 5.78. The van der Waals surface area contributed by atoms with Gasteiger partial charge in [0, 0.05) is 18.0 Å². The first-order valence-electron chi connectivity index (χ1n) is 6.77. The molecule has 0 aromatic carbocycles. The van der Waals surface area contributed by atoms with Crippen LogP contribution in [0.4, 0.5) is 5.82 Å². The summed E-state index contributed by atoms with van der Waals surface area (Å²) in [4.78, 5) is 26.0. The Labute approximate surface area is 129 Å². The molecule has 0 saturated heterocycles. The molecule has 0 aliphatic heterocycles. The molecule has 118 valence electrons. The number of aromatic nitrogens is 1. The average molecular weight is 316 g/mol. The second kappa shape index (κ2) is 6.93. The topological polar surface area (TPSA) is 75.4 Å². The Morgan fingerprint density at radius 3 is 2.52 bits per heavy atom. The zero-order valence-corrected chi connectivity index (χ0v) is 13.8. The number of alkyl halides is 1. The molecule has 21 heavy (non-hydrogen) atoms. The van der Waals surface area contributed by atoms with Crippen molar-refractivity contribution in [2.45, 2.75) is 40.7 Å².